The summed E-state index contributed by atoms with van der Waals surface area (Å²) in [6.45, 7) is 7.64. The molecule has 0 saturated heterocycles. The second-order valence-corrected chi connectivity index (χ2v) is 2.48. The van der Waals surface area contributed by atoms with Crippen molar-refractivity contribution in [1.29, 1.82) is 0 Å². The Hall–Kier alpha value is -0.590. The van der Waals surface area contributed by atoms with Crippen molar-refractivity contribution in [3.8, 4) is 0 Å². The Morgan fingerprint density at radius 3 is 1.56 bits per heavy atom. The number of hydrogen-bond donors (Lipinski definition) is 0. The quantitative estimate of drug-likeness (QED) is 0.515. The van der Waals surface area contributed by atoms with Gasteiger partial charge < -0.3 is 0 Å². The van der Waals surface area contributed by atoms with Gasteiger partial charge in [0, 0.05) is 11.5 Å². The molecule has 0 unspecified atom stereocenters. The SMILES string of the molecule is C[C](C)C([C]=O)=C(C)C. The van der Waals surface area contributed by atoms with Gasteiger partial charge >= 0.3 is 0 Å². The fraction of sp³-hybridized carbons (Fsp3) is 0.500. The van der Waals surface area contributed by atoms with E-state index in [0.717, 1.165) is 17.1 Å². The molecule has 1 heteroatoms. The number of carbonyl (C=O) groups excluding carboxylic acids is 1. The van der Waals surface area contributed by atoms with E-state index in [2.05, 4.69) is 0 Å². The van der Waals surface area contributed by atoms with E-state index in [1.807, 2.05) is 34.0 Å². The zero-order chi connectivity index (χ0) is 7.44. The van der Waals surface area contributed by atoms with Gasteiger partial charge in [-0.2, -0.15) is 0 Å². The van der Waals surface area contributed by atoms with E-state index in [0.29, 0.717) is 0 Å². The first-order valence-electron chi connectivity index (χ1n) is 2.95. The minimum atomic E-state index is 0.718. The van der Waals surface area contributed by atoms with Gasteiger partial charge in [-0.25, -0.2) is 0 Å². The highest BCUT2D eigenvalue weighted by molar-refractivity contribution is 5.79. The maximum absolute atomic E-state index is 10.2. The lowest BCUT2D eigenvalue weighted by Crippen LogP contribution is -1.94. The van der Waals surface area contributed by atoms with Crippen LogP contribution in [0.3, 0.4) is 0 Å². The number of hydrogen-bond acceptors (Lipinski definition) is 1. The van der Waals surface area contributed by atoms with E-state index in [-0.39, 0.29) is 0 Å². The van der Waals surface area contributed by atoms with Crippen molar-refractivity contribution in [2.24, 2.45) is 0 Å². The summed E-state index contributed by atoms with van der Waals surface area (Å²) in [5.74, 6) is 1.03. The van der Waals surface area contributed by atoms with E-state index >= 15 is 0 Å². The summed E-state index contributed by atoms with van der Waals surface area (Å²) in [4.78, 5) is 10.2. The van der Waals surface area contributed by atoms with Crippen LogP contribution >= 0.6 is 0 Å². The van der Waals surface area contributed by atoms with Gasteiger partial charge in [0.2, 0.25) is 6.29 Å². The van der Waals surface area contributed by atoms with E-state index < -0.39 is 0 Å². The highest BCUT2D eigenvalue weighted by Gasteiger charge is 2.03. The molecule has 0 heterocycles. The molecule has 0 N–H and O–H groups in total. The van der Waals surface area contributed by atoms with Crippen molar-refractivity contribution in [3.63, 3.8) is 0 Å². The lowest BCUT2D eigenvalue weighted by Gasteiger charge is -2.02. The summed E-state index contributed by atoms with van der Waals surface area (Å²) >= 11 is 0. The summed E-state index contributed by atoms with van der Waals surface area (Å²) in [7, 11) is 0. The second-order valence-electron chi connectivity index (χ2n) is 2.48. The molecule has 9 heavy (non-hydrogen) atoms. The van der Waals surface area contributed by atoms with Crippen LogP contribution in [0.2, 0.25) is 0 Å². The van der Waals surface area contributed by atoms with E-state index in [1.54, 1.807) is 0 Å². The zero-order valence-corrected chi connectivity index (χ0v) is 6.41. The molecule has 0 amide bonds. The zero-order valence-electron chi connectivity index (χ0n) is 6.41. The minimum Gasteiger partial charge on any atom is -0.285 e. The highest BCUT2D eigenvalue weighted by Crippen LogP contribution is 2.12. The molecule has 0 aliphatic carbocycles. The molecule has 0 bridgehead atoms. The number of allylic oxidation sites excluding steroid dienone is 2. The van der Waals surface area contributed by atoms with Gasteiger partial charge in [0.25, 0.3) is 0 Å². The highest BCUT2D eigenvalue weighted by atomic mass is 16.1. The Labute approximate surface area is 56.8 Å². The summed E-state index contributed by atoms with van der Waals surface area (Å²) in [6, 6.07) is 0. The topological polar surface area (TPSA) is 17.1 Å². The third kappa shape index (κ3) is 2.45. The third-order valence-electron chi connectivity index (χ3n) is 1.10. The van der Waals surface area contributed by atoms with Crippen LogP contribution in [0.1, 0.15) is 27.7 Å². The molecular formula is C8H12O. The first-order chi connectivity index (χ1) is 4.09. The average molecular weight is 124 g/mol. The molecule has 0 atom stereocenters. The molecule has 0 saturated carbocycles. The van der Waals surface area contributed by atoms with E-state index in [1.165, 1.54) is 0 Å². The second kappa shape index (κ2) is 3.44. The Kier molecular flexibility index (Phi) is 3.21. The van der Waals surface area contributed by atoms with Crippen LogP contribution in [0, 0.1) is 5.92 Å². The van der Waals surface area contributed by atoms with Gasteiger partial charge in [-0.15, -0.1) is 0 Å². The first kappa shape index (κ1) is 8.41. The van der Waals surface area contributed by atoms with Gasteiger partial charge in [-0.05, 0) is 13.8 Å². The molecule has 0 aliphatic heterocycles. The lowest BCUT2D eigenvalue weighted by molar-refractivity contribution is 0.561. The Balaban J connectivity index is 4.34. The van der Waals surface area contributed by atoms with Crippen LogP contribution in [0.15, 0.2) is 11.1 Å². The maximum Gasteiger partial charge on any atom is 0.229 e. The van der Waals surface area contributed by atoms with Crippen molar-refractivity contribution in [2.45, 2.75) is 27.7 Å². The largest absolute Gasteiger partial charge is 0.285 e. The summed E-state index contributed by atoms with van der Waals surface area (Å²) < 4.78 is 0. The predicted molar refractivity (Wildman–Crippen MR) is 38.7 cm³/mol. The minimum absolute atomic E-state index is 0.718. The standard InChI is InChI=1S/C8H12O/c1-6(2)8(5-9)7(3)4/h1-4H3. The van der Waals surface area contributed by atoms with Crippen molar-refractivity contribution in [1.82, 2.24) is 0 Å². The van der Waals surface area contributed by atoms with Crippen molar-refractivity contribution in [2.75, 3.05) is 0 Å². The molecule has 1 nitrogen and oxygen atoms in total. The molecule has 0 spiro atoms. The molecule has 0 aromatic rings. The molecule has 0 aliphatic rings. The molecular weight excluding hydrogens is 112 g/mol. The van der Waals surface area contributed by atoms with Crippen LogP contribution in [0.4, 0.5) is 0 Å². The molecule has 0 aromatic heterocycles. The first-order valence-corrected chi connectivity index (χ1v) is 2.95. The van der Waals surface area contributed by atoms with Gasteiger partial charge in [-0.1, -0.05) is 19.4 Å². The van der Waals surface area contributed by atoms with Crippen LogP contribution in [0.25, 0.3) is 0 Å². The van der Waals surface area contributed by atoms with E-state index in [9.17, 15) is 4.79 Å². The molecule has 0 fully saturated rings. The summed E-state index contributed by atoms with van der Waals surface area (Å²) in [6.07, 6.45) is 1.89. The summed E-state index contributed by atoms with van der Waals surface area (Å²) in [5, 5.41) is 0. The van der Waals surface area contributed by atoms with Crippen LogP contribution in [-0.4, -0.2) is 6.29 Å². The van der Waals surface area contributed by atoms with Crippen molar-refractivity contribution in [3.05, 3.63) is 17.1 Å². The average Bonchev–Trinajstić information content (AvgIpc) is 1.64. The van der Waals surface area contributed by atoms with Gasteiger partial charge in [0.15, 0.2) is 0 Å². The van der Waals surface area contributed by atoms with Crippen molar-refractivity contribution < 1.29 is 4.79 Å². The lowest BCUT2D eigenvalue weighted by atomic mass is 10.0. The smallest absolute Gasteiger partial charge is 0.229 e. The third-order valence-corrected chi connectivity index (χ3v) is 1.10. The van der Waals surface area contributed by atoms with Gasteiger partial charge in [0.1, 0.15) is 0 Å². The van der Waals surface area contributed by atoms with Crippen LogP contribution in [0.5, 0.6) is 0 Å². The van der Waals surface area contributed by atoms with Gasteiger partial charge in [0.05, 0.1) is 0 Å². The molecule has 0 aromatic carbocycles. The maximum atomic E-state index is 10.2. The number of rotatable bonds is 2. The van der Waals surface area contributed by atoms with Crippen LogP contribution < -0.4 is 0 Å². The normalized spacial score (nSPS) is 9.44. The molecule has 50 valence electrons. The fourth-order valence-electron chi connectivity index (χ4n) is 0.704. The van der Waals surface area contributed by atoms with Crippen molar-refractivity contribution >= 4 is 6.29 Å². The van der Waals surface area contributed by atoms with E-state index in [4.69, 9.17) is 0 Å². The summed E-state index contributed by atoms with van der Waals surface area (Å²) in [5.41, 5.74) is 1.75. The fourth-order valence-corrected chi connectivity index (χ4v) is 0.704. The monoisotopic (exact) mass is 124 g/mol. The Bertz CT molecular complexity index is 128. The molecule has 2 radical (unpaired) electrons. The Morgan fingerprint density at radius 2 is 1.56 bits per heavy atom. The van der Waals surface area contributed by atoms with Crippen LogP contribution in [-0.2, 0) is 4.79 Å². The predicted octanol–water partition coefficient (Wildman–Crippen LogP) is 2.05. The Morgan fingerprint density at radius 1 is 1.11 bits per heavy atom. The van der Waals surface area contributed by atoms with Gasteiger partial charge in [-0.3, -0.25) is 4.79 Å². The molecule has 0 rings (SSSR count).